The zero-order valence-electron chi connectivity index (χ0n) is 11.7. The van der Waals surface area contributed by atoms with Crippen LogP contribution in [0.4, 0.5) is 0 Å². The van der Waals surface area contributed by atoms with Gasteiger partial charge in [0, 0.05) is 0 Å². The van der Waals surface area contributed by atoms with Gasteiger partial charge in [-0.2, -0.15) is 0 Å². The first-order chi connectivity index (χ1) is 9.31. The Morgan fingerprint density at radius 1 is 1.21 bits per heavy atom. The molecule has 2 rings (SSSR count). The van der Waals surface area contributed by atoms with E-state index in [4.69, 9.17) is 4.74 Å². The van der Waals surface area contributed by atoms with Crippen LogP contribution >= 0.6 is 0 Å². The van der Waals surface area contributed by atoms with Gasteiger partial charge in [0.15, 0.2) is 0 Å². The lowest BCUT2D eigenvalue weighted by molar-refractivity contribution is -0.150. The fourth-order valence-electron chi connectivity index (χ4n) is 2.67. The number of carbonyl (C=O) groups is 1. The minimum absolute atomic E-state index is 0.0757. The number of hydrogen-bond acceptors (Lipinski definition) is 3. The molecule has 1 aliphatic heterocycles. The van der Waals surface area contributed by atoms with Crippen LogP contribution in [-0.4, -0.2) is 36.6 Å². The quantitative estimate of drug-likeness (QED) is 0.763. The molecule has 1 aromatic rings. The molecule has 0 N–H and O–H groups in total. The second kappa shape index (κ2) is 7.29. The van der Waals surface area contributed by atoms with E-state index < -0.39 is 0 Å². The molecule has 1 aromatic carbocycles. The highest BCUT2D eigenvalue weighted by Gasteiger charge is 2.28. The standard InChI is InChI=1S/C16H23NO2/c1-2-19-16(18)15(17-11-7-4-8-12-17)13-14-9-5-3-6-10-14/h3,5-6,9-10,15H,2,4,7-8,11-13H2,1H3. The van der Waals surface area contributed by atoms with Crippen LogP contribution in [-0.2, 0) is 16.0 Å². The Balaban J connectivity index is 2.06. The van der Waals surface area contributed by atoms with Gasteiger partial charge in [-0.1, -0.05) is 36.8 Å². The number of hydrogen-bond donors (Lipinski definition) is 0. The maximum atomic E-state index is 12.2. The van der Waals surface area contributed by atoms with E-state index in [1.54, 1.807) is 0 Å². The van der Waals surface area contributed by atoms with Crippen LogP contribution in [0.15, 0.2) is 30.3 Å². The van der Waals surface area contributed by atoms with E-state index in [0.717, 1.165) is 19.5 Å². The van der Waals surface area contributed by atoms with Crippen molar-refractivity contribution in [3.05, 3.63) is 35.9 Å². The molecular weight excluding hydrogens is 238 g/mol. The number of rotatable bonds is 5. The van der Waals surface area contributed by atoms with Crippen LogP contribution in [0.5, 0.6) is 0 Å². The fraction of sp³-hybridized carbons (Fsp3) is 0.562. The first kappa shape index (κ1) is 14.1. The molecule has 0 bridgehead atoms. The third-order valence-corrected chi connectivity index (χ3v) is 3.66. The molecule has 0 radical (unpaired) electrons. The van der Waals surface area contributed by atoms with Crippen molar-refractivity contribution < 1.29 is 9.53 Å². The van der Waals surface area contributed by atoms with Gasteiger partial charge in [0.05, 0.1) is 6.61 Å². The van der Waals surface area contributed by atoms with Crippen molar-refractivity contribution in [3.63, 3.8) is 0 Å². The minimum atomic E-state index is -0.123. The fourth-order valence-corrected chi connectivity index (χ4v) is 2.67. The average molecular weight is 261 g/mol. The number of piperidine rings is 1. The zero-order valence-corrected chi connectivity index (χ0v) is 11.7. The van der Waals surface area contributed by atoms with Crippen LogP contribution in [0.25, 0.3) is 0 Å². The van der Waals surface area contributed by atoms with Crippen LogP contribution in [0.1, 0.15) is 31.7 Å². The topological polar surface area (TPSA) is 29.5 Å². The second-order valence-corrected chi connectivity index (χ2v) is 5.05. The predicted octanol–water partition coefficient (Wildman–Crippen LogP) is 2.65. The maximum Gasteiger partial charge on any atom is 0.323 e. The van der Waals surface area contributed by atoms with Gasteiger partial charge in [-0.25, -0.2) is 0 Å². The molecule has 1 unspecified atom stereocenters. The van der Waals surface area contributed by atoms with E-state index >= 15 is 0 Å². The molecule has 1 saturated heterocycles. The van der Waals surface area contributed by atoms with Gasteiger partial charge < -0.3 is 4.74 Å². The van der Waals surface area contributed by atoms with Crippen molar-refractivity contribution in [1.29, 1.82) is 0 Å². The summed E-state index contributed by atoms with van der Waals surface area (Å²) in [5.74, 6) is -0.0757. The summed E-state index contributed by atoms with van der Waals surface area (Å²) in [5.41, 5.74) is 1.20. The molecule has 0 amide bonds. The van der Waals surface area contributed by atoms with E-state index in [1.807, 2.05) is 25.1 Å². The van der Waals surface area contributed by atoms with Gasteiger partial charge in [0.2, 0.25) is 0 Å². The summed E-state index contributed by atoms with van der Waals surface area (Å²) in [6.45, 7) is 4.35. The first-order valence-corrected chi connectivity index (χ1v) is 7.26. The summed E-state index contributed by atoms with van der Waals surface area (Å²) in [6, 6.07) is 10.1. The molecule has 1 heterocycles. The summed E-state index contributed by atoms with van der Waals surface area (Å²) < 4.78 is 5.25. The van der Waals surface area contributed by atoms with E-state index in [-0.39, 0.29) is 12.0 Å². The van der Waals surface area contributed by atoms with Crippen molar-refractivity contribution in [2.45, 2.75) is 38.6 Å². The van der Waals surface area contributed by atoms with Gasteiger partial charge in [-0.3, -0.25) is 9.69 Å². The van der Waals surface area contributed by atoms with Crippen molar-refractivity contribution in [3.8, 4) is 0 Å². The van der Waals surface area contributed by atoms with E-state index in [1.165, 1.54) is 24.8 Å². The smallest absolute Gasteiger partial charge is 0.323 e. The Kier molecular flexibility index (Phi) is 5.40. The summed E-state index contributed by atoms with van der Waals surface area (Å²) in [4.78, 5) is 14.5. The van der Waals surface area contributed by atoms with Gasteiger partial charge in [-0.05, 0) is 44.8 Å². The molecule has 1 fully saturated rings. The number of benzene rings is 1. The summed E-state index contributed by atoms with van der Waals surface area (Å²) in [5, 5.41) is 0. The Hall–Kier alpha value is -1.35. The van der Waals surface area contributed by atoms with Crippen molar-refractivity contribution in [2.75, 3.05) is 19.7 Å². The molecule has 1 aliphatic rings. The molecule has 0 saturated carbocycles. The Morgan fingerprint density at radius 2 is 1.89 bits per heavy atom. The number of likely N-dealkylation sites (tertiary alicyclic amines) is 1. The Labute approximate surface area is 115 Å². The lowest BCUT2D eigenvalue weighted by atomic mass is 10.0. The van der Waals surface area contributed by atoms with Crippen LogP contribution < -0.4 is 0 Å². The van der Waals surface area contributed by atoms with E-state index in [9.17, 15) is 4.79 Å². The van der Waals surface area contributed by atoms with Gasteiger partial charge in [-0.15, -0.1) is 0 Å². The molecule has 104 valence electrons. The second-order valence-electron chi connectivity index (χ2n) is 5.05. The summed E-state index contributed by atoms with van der Waals surface area (Å²) in [6.07, 6.45) is 4.40. The lowest BCUT2D eigenvalue weighted by Gasteiger charge is -2.33. The number of ether oxygens (including phenoxy) is 1. The zero-order chi connectivity index (χ0) is 13.5. The normalized spacial score (nSPS) is 17.9. The highest BCUT2D eigenvalue weighted by atomic mass is 16.5. The highest BCUT2D eigenvalue weighted by Crippen LogP contribution is 2.17. The number of nitrogens with zero attached hydrogens (tertiary/aromatic N) is 1. The monoisotopic (exact) mass is 261 g/mol. The van der Waals surface area contributed by atoms with Crippen LogP contribution in [0.3, 0.4) is 0 Å². The molecule has 0 aromatic heterocycles. The SMILES string of the molecule is CCOC(=O)C(Cc1ccccc1)N1CCCCC1. The molecule has 3 heteroatoms. The van der Waals surface area contributed by atoms with E-state index in [0.29, 0.717) is 6.61 Å². The molecule has 0 spiro atoms. The van der Waals surface area contributed by atoms with Crippen molar-refractivity contribution >= 4 is 5.97 Å². The molecule has 0 aliphatic carbocycles. The lowest BCUT2D eigenvalue weighted by Crippen LogP contribution is -2.46. The van der Waals surface area contributed by atoms with Crippen LogP contribution in [0, 0.1) is 0 Å². The third kappa shape index (κ3) is 4.06. The van der Waals surface area contributed by atoms with Gasteiger partial charge in [0.1, 0.15) is 6.04 Å². The highest BCUT2D eigenvalue weighted by molar-refractivity contribution is 5.76. The van der Waals surface area contributed by atoms with Crippen molar-refractivity contribution in [2.24, 2.45) is 0 Å². The largest absolute Gasteiger partial charge is 0.465 e. The minimum Gasteiger partial charge on any atom is -0.465 e. The van der Waals surface area contributed by atoms with Crippen LogP contribution in [0.2, 0.25) is 0 Å². The Morgan fingerprint density at radius 3 is 2.53 bits per heavy atom. The molecular formula is C16H23NO2. The molecule has 19 heavy (non-hydrogen) atoms. The van der Waals surface area contributed by atoms with Crippen molar-refractivity contribution in [1.82, 2.24) is 4.90 Å². The first-order valence-electron chi connectivity index (χ1n) is 7.26. The third-order valence-electron chi connectivity index (χ3n) is 3.66. The Bertz CT molecular complexity index is 385. The molecule has 3 nitrogen and oxygen atoms in total. The summed E-state index contributed by atoms with van der Waals surface area (Å²) in [7, 11) is 0. The van der Waals surface area contributed by atoms with Gasteiger partial charge in [0.25, 0.3) is 0 Å². The summed E-state index contributed by atoms with van der Waals surface area (Å²) >= 11 is 0. The molecule has 1 atom stereocenters. The van der Waals surface area contributed by atoms with Gasteiger partial charge >= 0.3 is 5.97 Å². The average Bonchev–Trinajstić information content (AvgIpc) is 2.47. The maximum absolute atomic E-state index is 12.2. The predicted molar refractivity (Wildman–Crippen MR) is 76.0 cm³/mol. The number of esters is 1. The van der Waals surface area contributed by atoms with E-state index in [2.05, 4.69) is 17.0 Å². The number of carbonyl (C=O) groups excluding carboxylic acids is 1.